The van der Waals surface area contributed by atoms with Crippen LogP contribution < -0.4 is 5.73 Å². The number of hydrogen-bond acceptors (Lipinski definition) is 4. The summed E-state index contributed by atoms with van der Waals surface area (Å²) in [6, 6.07) is 6.47. The van der Waals surface area contributed by atoms with Crippen molar-refractivity contribution in [3.05, 3.63) is 47.4 Å². The Morgan fingerprint density at radius 1 is 1.29 bits per heavy atom. The molecule has 2 aromatic rings. The highest BCUT2D eigenvalue weighted by Gasteiger charge is 2.38. The minimum Gasteiger partial charge on any atom is -0.338 e. The van der Waals surface area contributed by atoms with Gasteiger partial charge in [0.1, 0.15) is 5.82 Å². The summed E-state index contributed by atoms with van der Waals surface area (Å²) in [7, 11) is 0. The monoisotopic (exact) mass is 289 g/mol. The fourth-order valence-corrected chi connectivity index (χ4v) is 2.91. The third kappa shape index (κ3) is 2.46. The second kappa shape index (κ2) is 4.91. The van der Waals surface area contributed by atoms with Gasteiger partial charge in [-0.3, -0.25) is 0 Å². The van der Waals surface area contributed by atoms with E-state index < -0.39 is 11.0 Å². The van der Waals surface area contributed by atoms with E-state index in [-0.39, 0.29) is 5.82 Å². The lowest BCUT2D eigenvalue weighted by Gasteiger charge is -2.21. The van der Waals surface area contributed by atoms with Crippen molar-refractivity contribution >= 4 is 0 Å². The van der Waals surface area contributed by atoms with Crippen molar-refractivity contribution in [1.29, 1.82) is 0 Å². The Labute approximate surface area is 123 Å². The zero-order valence-corrected chi connectivity index (χ0v) is 12.4. The van der Waals surface area contributed by atoms with E-state index in [1.807, 2.05) is 19.9 Å². The number of hydrogen-bond donors (Lipinski definition) is 1. The van der Waals surface area contributed by atoms with Gasteiger partial charge in [-0.1, -0.05) is 30.1 Å². The molecule has 4 nitrogen and oxygen atoms in total. The second-order valence-corrected chi connectivity index (χ2v) is 6.42. The molecule has 0 amide bonds. The standard InChI is InChI=1S/C16H20FN3O/c1-15(2,11-6-5-7-12(17)10-11)14-19-13(20-21-14)16(18)8-3-4-9-16/h5-7,10H,3-4,8-9,18H2,1-2H3. The molecule has 1 fully saturated rings. The largest absolute Gasteiger partial charge is 0.338 e. The molecule has 1 aromatic heterocycles. The van der Waals surface area contributed by atoms with Crippen LogP contribution in [0.4, 0.5) is 4.39 Å². The number of halogens is 1. The Morgan fingerprint density at radius 3 is 2.67 bits per heavy atom. The molecule has 1 heterocycles. The summed E-state index contributed by atoms with van der Waals surface area (Å²) in [4.78, 5) is 4.52. The average Bonchev–Trinajstić information content (AvgIpc) is 3.08. The second-order valence-electron chi connectivity index (χ2n) is 6.42. The minimum atomic E-state index is -0.553. The lowest BCUT2D eigenvalue weighted by Crippen LogP contribution is -2.34. The van der Waals surface area contributed by atoms with Gasteiger partial charge in [0.25, 0.3) is 0 Å². The maximum Gasteiger partial charge on any atom is 0.236 e. The van der Waals surface area contributed by atoms with Crippen molar-refractivity contribution in [1.82, 2.24) is 10.1 Å². The summed E-state index contributed by atoms with van der Waals surface area (Å²) in [6.45, 7) is 3.88. The average molecular weight is 289 g/mol. The van der Waals surface area contributed by atoms with Crippen LogP contribution in [0.25, 0.3) is 0 Å². The van der Waals surface area contributed by atoms with Gasteiger partial charge in [-0.15, -0.1) is 0 Å². The maximum absolute atomic E-state index is 13.4. The van der Waals surface area contributed by atoms with Crippen LogP contribution in [0, 0.1) is 5.82 Å². The summed E-state index contributed by atoms with van der Waals surface area (Å²) in [5, 5.41) is 4.08. The van der Waals surface area contributed by atoms with E-state index in [1.165, 1.54) is 12.1 Å². The van der Waals surface area contributed by atoms with E-state index in [2.05, 4.69) is 10.1 Å². The Morgan fingerprint density at radius 2 is 2.00 bits per heavy atom. The molecule has 0 unspecified atom stereocenters. The van der Waals surface area contributed by atoms with Crippen molar-refractivity contribution in [2.24, 2.45) is 5.73 Å². The molecule has 1 aliphatic rings. The Bertz CT molecular complexity index is 644. The van der Waals surface area contributed by atoms with Gasteiger partial charge in [-0.2, -0.15) is 4.98 Å². The molecule has 2 N–H and O–H groups in total. The lowest BCUT2D eigenvalue weighted by molar-refractivity contribution is 0.318. The first-order valence-electron chi connectivity index (χ1n) is 7.31. The first kappa shape index (κ1) is 14.2. The summed E-state index contributed by atoms with van der Waals surface area (Å²) >= 11 is 0. The normalized spacial score (nSPS) is 18.1. The summed E-state index contributed by atoms with van der Waals surface area (Å²) in [5.74, 6) is 0.769. The molecule has 0 bridgehead atoms. The molecule has 0 spiro atoms. The Kier molecular flexibility index (Phi) is 3.32. The van der Waals surface area contributed by atoms with Gasteiger partial charge >= 0.3 is 0 Å². The van der Waals surface area contributed by atoms with Crippen LogP contribution in [0.3, 0.4) is 0 Å². The van der Waals surface area contributed by atoms with E-state index in [4.69, 9.17) is 10.3 Å². The first-order valence-corrected chi connectivity index (χ1v) is 7.31. The van der Waals surface area contributed by atoms with Crippen molar-refractivity contribution in [2.75, 3.05) is 0 Å². The predicted octanol–water partition coefficient (Wildman–Crippen LogP) is 3.26. The van der Waals surface area contributed by atoms with Crippen molar-refractivity contribution < 1.29 is 8.91 Å². The van der Waals surface area contributed by atoms with Gasteiger partial charge in [-0.05, 0) is 44.4 Å². The number of rotatable bonds is 3. The van der Waals surface area contributed by atoms with Crippen LogP contribution in [0.2, 0.25) is 0 Å². The van der Waals surface area contributed by atoms with Crippen molar-refractivity contribution in [2.45, 2.75) is 50.5 Å². The van der Waals surface area contributed by atoms with Crippen LogP contribution in [-0.4, -0.2) is 10.1 Å². The number of benzene rings is 1. The Hall–Kier alpha value is -1.75. The van der Waals surface area contributed by atoms with Crippen LogP contribution in [0.5, 0.6) is 0 Å². The molecule has 1 saturated carbocycles. The van der Waals surface area contributed by atoms with E-state index in [0.717, 1.165) is 31.2 Å². The van der Waals surface area contributed by atoms with Gasteiger partial charge in [0.15, 0.2) is 5.82 Å². The van der Waals surface area contributed by atoms with Gasteiger partial charge in [0.05, 0.1) is 11.0 Å². The van der Waals surface area contributed by atoms with Crippen LogP contribution in [0.1, 0.15) is 56.8 Å². The third-order valence-corrected chi connectivity index (χ3v) is 4.45. The quantitative estimate of drug-likeness (QED) is 0.942. The molecular weight excluding hydrogens is 269 g/mol. The molecule has 0 atom stereocenters. The third-order valence-electron chi connectivity index (χ3n) is 4.45. The number of nitrogens with two attached hydrogens (primary N) is 1. The lowest BCUT2D eigenvalue weighted by atomic mass is 9.84. The van der Waals surface area contributed by atoms with Gasteiger partial charge in [0, 0.05) is 0 Å². The SMILES string of the molecule is CC(C)(c1cccc(F)c1)c1nc(C2(N)CCCC2)no1. The van der Waals surface area contributed by atoms with Crippen molar-refractivity contribution in [3.63, 3.8) is 0 Å². The fraction of sp³-hybridized carbons (Fsp3) is 0.500. The van der Waals surface area contributed by atoms with Crippen LogP contribution in [-0.2, 0) is 11.0 Å². The molecule has 3 rings (SSSR count). The number of aromatic nitrogens is 2. The summed E-state index contributed by atoms with van der Waals surface area (Å²) < 4.78 is 18.9. The van der Waals surface area contributed by atoms with Gasteiger partial charge in [-0.25, -0.2) is 4.39 Å². The fourth-order valence-electron chi connectivity index (χ4n) is 2.91. The minimum absolute atomic E-state index is 0.272. The highest BCUT2D eigenvalue weighted by Crippen LogP contribution is 2.37. The summed E-state index contributed by atoms with van der Waals surface area (Å²) in [5.41, 5.74) is 6.13. The Balaban J connectivity index is 1.95. The maximum atomic E-state index is 13.4. The summed E-state index contributed by atoms with van der Waals surface area (Å²) in [6.07, 6.45) is 3.94. The number of nitrogens with zero attached hydrogens (tertiary/aromatic N) is 2. The molecule has 5 heteroatoms. The molecule has 21 heavy (non-hydrogen) atoms. The molecule has 0 radical (unpaired) electrons. The zero-order valence-electron chi connectivity index (χ0n) is 12.4. The predicted molar refractivity (Wildman–Crippen MR) is 77.2 cm³/mol. The molecule has 112 valence electrons. The smallest absolute Gasteiger partial charge is 0.236 e. The first-order chi connectivity index (χ1) is 9.92. The molecule has 1 aromatic carbocycles. The molecular formula is C16H20FN3O. The topological polar surface area (TPSA) is 64.9 Å². The van der Waals surface area contributed by atoms with E-state index in [0.29, 0.717) is 11.7 Å². The van der Waals surface area contributed by atoms with E-state index in [9.17, 15) is 4.39 Å². The molecule has 0 aliphatic heterocycles. The van der Waals surface area contributed by atoms with Crippen molar-refractivity contribution in [3.8, 4) is 0 Å². The molecule has 1 aliphatic carbocycles. The van der Waals surface area contributed by atoms with Gasteiger partial charge < -0.3 is 10.3 Å². The van der Waals surface area contributed by atoms with Crippen LogP contribution >= 0.6 is 0 Å². The highest BCUT2D eigenvalue weighted by atomic mass is 19.1. The van der Waals surface area contributed by atoms with E-state index >= 15 is 0 Å². The van der Waals surface area contributed by atoms with E-state index in [1.54, 1.807) is 6.07 Å². The van der Waals surface area contributed by atoms with Crippen LogP contribution in [0.15, 0.2) is 28.8 Å². The van der Waals surface area contributed by atoms with Gasteiger partial charge in [0.2, 0.25) is 5.89 Å². The highest BCUT2D eigenvalue weighted by molar-refractivity contribution is 5.30. The molecule has 0 saturated heterocycles. The zero-order chi connectivity index (χ0) is 15.1.